The predicted octanol–water partition coefficient (Wildman–Crippen LogP) is 2.34. The number of hydrogen-bond acceptors (Lipinski definition) is 5. The van der Waals surface area contributed by atoms with Crippen molar-refractivity contribution in [1.29, 1.82) is 0 Å². The van der Waals surface area contributed by atoms with Crippen LogP contribution in [0, 0.1) is 13.8 Å². The number of likely N-dealkylation sites (N-methyl/N-ethyl adjacent to an activating group) is 1. The van der Waals surface area contributed by atoms with Crippen molar-refractivity contribution < 1.29 is 9.59 Å². The summed E-state index contributed by atoms with van der Waals surface area (Å²) in [5.41, 5.74) is 3.06. The second kappa shape index (κ2) is 10.4. The van der Waals surface area contributed by atoms with Gasteiger partial charge < -0.3 is 15.5 Å². The van der Waals surface area contributed by atoms with Crippen LogP contribution in [0.2, 0.25) is 0 Å². The molecule has 0 bridgehead atoms. The summed E-state index contributed by atoms with van der Waals surface area (Å²) in [4.78, 5) is 26.8. The molecule has 0 aliphatic carbocycles. The number of hydrogen-bond donors (Lipinski definition) is 2. The third kappa shape index (κ3) is 5.55. The Morgan fingerprint density at radius 3 is 2.52 bits per heavy atom. The maximum Gasteiger partial charge on any atom is 0.276 e. The Hall–Kier alpha value is -2.45. The van der Waals surface area contributed by atoms with Gasteiger partial charge in [0.1, 0.15) is 6.54 Å². The Morgan fingerprint density at radius 2 is 1.90 bits per heavy atom. The third-order valence-corrected chi connectivity index (χ3v) is 5.16. The molecule has 2 aromatic rings. The molecule has 0 atom stereocenters. The first-order valence-corrected chi connectivity index (χ1v) is 9.77. The first-order chi connectivity index (χ1) is 13.5. The molecule has 0 unspecified atom stereocenters. The number of amides is 2. The lowest BCUT2D eigenvalue weighted by atomic mass is 10.1. The van der Waals surface area contributed by atoms with Crippen LogP contribution in [0.4, 0.5) is 5.69 Å². The van der Waals surface area contributed by atoms with E-state index in [2.05, 4.69) is 20.9 Å². The lowest BCUT2D eigenvalue weighted by Crippen LogP contribution is -2.38. The molecule has 2 heterocycles. The van der Waals surface area contributed by atoms with Crippen molar-refractivity contribution in [2.75, 3.05) is 31.5 Å². The summed E-state index contributed by atoms with van der Waals surface area (Å²) in [5, 5.41) is 14.4. The minimum absolute atomic E-state index is 0. The molecule has 2 amide bonds. The Kier molecular flexibility index (Phi) is 8.16. The van der Waals surface area contributed by atoms with E-state index in [9.17, 15) is 9.59 Å². The zero-order valence-corrected chi connectivity index (χ0v) is 18.0. The molecule has 1 saturated heterocycles. The summed E-state index contributed by atoms with van der Waals surface area (Å²) < 4.78 is 1.78. The number of piperidine rings is 1. The summed E-state index contributed by atoms with van der Waals surface area (Å²) in [6.07, 6.45) is 3.63. The topological polar surface area (TPSA) is 92.2 Å². The van der Waals surface area contributed by atoms with Gasteiger partial charge in [-0.3, -0.25) is 9.59 Å². The monoisotopic (exact) mass is 420 g/mol. The van der Waals surface area contributed by atoms with Crippen molar-refractivity contribution in [3.05, 3.63) is 41.2 Å². The standard InChI is InChI=1S/C20H28N6O2.ClH/c1-4-25(13-18(27)22-19-14(2)6-5-7-15(19)3)20(28)17-12-26(24-23-17)16-8-10-21-11-9-16;/h5-7,12,16,21H,4,8-11,13H2,1-3H3,(H,22,27);1H. The lowest BCUT2D eigenvalue weighted by molar-refractivity contribution is -0.116. The van der Waals surface area contributed by atoms with E-state index in [0.717, 1.165) is 42.7 Å². The predicted molar refractivity (Wildman–Crippen MR) is 115 cm³/mol. The molecule has 158 valence electrons. The minimum Gasteiger partial charge on any atom is -0.328 e. The Labute approximate surface area is 177 Å². The van der Waals surface area contributed by atoms with Crippen LogP contribution in [0.15, 0.2) is 24.4 Å². The zero-order valence-electron chi connectivity index (χ0n) is 17.1. The molecule has 9 heteroatoms. The SMILES string of the molecule is CCN(CC(=O)Nc1c(C)cccc1C)C(=O)c1cn(C2CCNCC2)nn1.Cl. The molecule has 29 heavy (non-hydrogen) atoms. The molecule has 1 fully saturated rings. The number of halogens is 1. The van der Waals surface area contributed by atoms with E-state index < -0.39 is 0 Å². The lowest BCUT2D eigenvalue weighted by Gasteiger charge is -2.22. The van der Waals surface area contributed by atoms with Gasteiger partial charge in [0.05, 0.1) is 12.2 Å². The van der Waals surface area contributed by atoms with Crippen LogP contribution in [0.1, 0.15) is 47.4 Å². The Morgan fingerprint density at radius 1 is 1.24 bits per heavy atom. The fourth-order valence-electron chi connectivity index (χ4n) is 3.48. The van der Waals surface area contributed by atoms with E-state index in [4.69, 9.17) is 0 Å². The first kappa shape index (κ1) is 22.8. The Bertz CT molecular complexity index is 827. The molecule has 3 rings (SSSR count). The molecule has 2 N–H and O–H groups in total. The number of nitrogens with zero attached hydrogens (tertiary/aromatic N) is 4. The van der Waals surface area contributed by atoms with Gasteiger partial charge in [-0.25, -0.2) is 4.68 Å². The minimum atomic E-state index is -0.278. The van der Waals surface area contributed by atoms with E-state index in [1.54, 1.807) is 10.9 Å². The van der Waals surface area contributed by atoms with E-state index in [0.29, 0.717) is 6.54 Å². The van der Waals surface area contributed by atoms with Crippen molar-refractivity contribution in [3.8, 4) is 0 Å². The molecule has 1 aliphatic rings. The highest BCUT2D eigenvalue weighted by molar-refractivity contribution is 5.98. The highest BCUT2D eigenvalue weighted by atomic mass is 35.5. The highest BCUT2D eigenvalue weighted by Crippen LogP contribution is 2.20. The number of benzene rings is 1. The molecule has 1 aromatic carbocycles. The molecule has 0 radical (unpaired) electrons. The summed E-state index contributed by atoms with van der Waals surface area (Å²) in [5.74, 6) is -0.502. The van der Waals surface area contributed by atoms with Crippen LogP contribution in [0.5, 0.6) is 0 Å². The van der Waals surface area contributed by atoms with Crippen molar-refractivity contribution in [2.24, 2.45) is 0 Å². The van der Waals surface area contributed by atoms with Gasteiger partial charge in [0, 0.05) is 12.2 Å². The van der Waals surface area contributed by atoms with E-state index in [1.807, 2.05) is 39.0 Å². The van der Waals surface area contributed by atoms with Crippen LogP contribution < -0.4 is 10.6 Å². The molecular weight excluding hydrogens is 392 g/mol. The van der Waals surface area contributed by atoms with Crippen molar-refractivity contribution in [2.45, 2.75) is 39.7 Å². The quantitative estimate of drug-likeness (QED) is 0.748. The fourth-order valence-corrected chi connectivity index (χ4v) is 3.48. The molecule has 1 aromatic heterocycles. The zero-order chi connectivity index (χ0) is 20.1. The molecular formula is C20H29ClN6O2. The second-order valence-electron chi connectivity index (χ2n) is 7.20. The number of carbonyl (C=O) groups excluding carboxylic acids is 2. The number of rotatable bonds is 6. The van der Waals surface area contributed by atoms with Crippen molar-refractivity contribution in [3.63, 3.8) is 0 Å². The largest absolute Gasteiger partial charge is 0.328 e. The first-order valence-electron chi connectivity index (χ1n) is 9.77. The summed E-state index contributed by atoms with van der Waals surface area (Å²) in [6.45, 7) is 8.01. The van der Waals surface area contributed by atoms with E-state index in [-0.39, 0.29) is 42.5 Å². The maximum atomic E-state index is 12.8. The van der Waals surface area contributed by atoms with Crippen LogP contribution in [-0.4, -0.2) is 57.9 Å². The highest BCUT2D eigenvalue weighted by Gasteiger charge is 2.23. The van der Waals surface area contributed by atoms with Gasteiger partial charge in [0.25, 0.3) is 5.91 Å². The van der Waals surface area contributed by atoms with Crippen LogP contribution in [-0.2, 0) is 4.79 Å². The van der Waals surface area contributed by atoms with Crippen molar-refractivity contribution >= 4 is 29.9 Å². The summed E-state index contributed by atoms with van der Waals surface area (Å²) in [6, 6.07) is 6.11. The normalized spacial score (nSPS) is 14.2. The number of aryl methyl sites for hydroxylation is 2. The summed E-state index contributed by atoms with van der Waals surface area (Å²) >= 11 is 0. The van der Waals surface area contributed by atoms with E-state index in [1.165, 1.54) is 4.90 Å². The van der Waals surface area contributed by atoms with Gasteiger partial charge in [-0.1, -0.05) is 23.4 Å². The summed E-state index contributed by atoms with van der Waals surface area (Å²) in [7, 11) is 0. The van der Waals surface area contributed by atoms with E-state index >= 15 is 0 Å². The number of carbonyl (C=O) groups is 2. The van der Waals surface area contributed by atoms with Gasteiger partial charge in [-0.05, 0) is 57.8 Å². The molecule has 0 saturated carbocycles. The fraction of sp³-hybridized carbons (Fsp3) is 0.500. The maximum absolute atomic E-state index is 12.8. The number of anilines is 1. The Balaban J connectivity index is 0.00000300. The average Bonchev–Trinajstić information content (AvgIpc) is 3.19. The van der Waals surface area contributed by atoms with Crippen LogP contribution in [0.25, 0.3) is 0 Å². The van der Waals surface area contributed by atoms with Gasteiger partial charge in [-0.15, -0.1) is 17.5 Å². The van der Waals surface area contributed by atoms with Gasteiger partial charge in [-0.2, -0.15) is 0 Å². The van der Waals surface area contributed by atoms with Crippen LogP contribution in [0.3, 0.4) is 0 Å². The number of nitrogens with one attached hydrogen (secondary N) is 2. The number of aromatic nitrogens is 3. The van der Waals surface area contributed by atoms with Gasteiger partial charge in [0.2, 0.25) is 5.91 Å². The third-order valence-electron chi connectivity index (χ3n) is 5.16. The molecule has 0 spiro atoms. The van der Waals surface area contributed by atoms with Gasteiger partial charge >= 0.3 is 0 Å². The average molecular weight is 421 g/mol. The van der Waals surface area contributed by atoms with Gasteiger partial charge in [0.15, 0.2) is 5.69 Å². The van der Waals surface area contributed by atoms with Crippen LogP contribution >= 0.6 is 12.4 Å². The second-order valence-corrected chi connectivity index (χ2v) is 7.20. The molecule has 8 nitrogen and oxygen atoms in total. The van der Waals surface area contributed by atoms with Crippen molar-refractivity contribution in [1.82, 2.24) is 25.2 Å². The molecule has 1 aliphatic heterocycles. The number of para-hydroxylation sites is 1. The smallest absolute Gasteiger partial charge is 0.276 e.